The van der Waals surface area contributed by atoms with Gasteiger partial charge in [0, 0.05) is 17.0 Å². The van der Waals surface area contributed by atoms with Crippen molar-refractivity contribution in [1.29, 1.82) is 0 Å². The van der Waals surface area contributed by atoms with E-state index in [-0.39, 0.29) is 16.8 Å². The van der Waals surface area contributed by atoms with Crippen LogP contribution in [0.5, 0.6) is 5.75 Å². The van der Waals surface area contributed by atoms with E-state index in [0.717, 1.165) is 22.6 Å². The molecular weight excluding hydrogens is 357 g/mol. The Morgan fingerprint density at radius 2 is 1.81 bits per heavy atom. The van der Waals surface area contributed by atoms with Crippen LogP contribution in [0.3, 0.4) is 0 Å². The lowest BCUT2D eigenvalue weighted by Gasteiger charge is -2.13. The van der Waals surface area contributed by atoms with Gasteiger partial charge in [-0.1, -0.05) is 6.07 Å². The van der Waals surface area contributed by atoms with Gasteiger partial charge in [-0.05, 0) is 59.0 Å². The number of rotatable bonds is 2. The molecule has 0 aliphatic heterocycles. The number of nitrogens with one attached hydrogen (secondary N) is 1. The summed E-state index contributed by atoms with van der Waals surface area (Å²) in [4.78, 5) is 17.9. The van der Waals surface area contributed by atoms with E-state index >= 15 is 0 Å². The van der Waals surface area contributed by atoms with E-state index in [1.807, 2.05) is 6.07 Å². The maximum Gasteiger partial charge on any atom is 0.433 e. The van der Waals surface area contributed by atoms with Crippen LogP contribution in [0.4, 0.5) is 13.2 Å². The predicted molar refractivity (Wildman–Crippen MR) is 96.9 cm³/mol. The van der Waals surface area contributed by atoms with Gasteiger partial charge in [0.2, 0.25) is 5.56 Å². The van der Waals surface area contributed by atoms with Crippen LogP contribution >= 0.6 is 0 Å². The van der Waals surface area contributed by atoms with E-state index < -0.39 is 11.9 Å². The van der Waals surface area contributed by atoms with E-state index in [1.54, 1.807) is 30.3 Å². The molecule has 1 N–H and O–H groups in total. The Bertz CT molecular complexity index is 1230. The quantitative estimate of drug-likeness (QED) is 0.553. The molecule has 0 aliphatic carbocycles. The first-order valence-corrected chi connectivity index (χ1v) is 8.05. The van der Waals surface area contributed by atoms with Crippen molar-refractivity contribution >= 4 is 21.8 Å². The Morgan fingerprint density at radius 3 is 2.56 bits per heavy atom. The maximum absolute atomic E-state index is 13.0. The Morgan fingerprint density at radius 1 is 1.00 bits per heavy atom. The van der Waals surface area contributed by atoms with Crippen molar-refractivity contribution < 1.29 is 17.9 Å². The number of aromatic nitrogens is 2. The Hall–Kier alpha value is -3.35. The average Bonchev–Trinajstić information content (AvgIpc) is 2.65. The van der Waals surface area contributed by atoms with Crippen LogP contribution in [0.2, 0.25) is 0 Å². The number of pyridine rings is 2. The predicted octanol–water partition coefficient (Wildman–Crippen LogP) is 4.77. The number of hydrogen-bond donors (Lipinski definition) is 1. The van der Waals surface area contributed by atoms with Crippen LogP contribution in [0.25, 0.3) is 32.9 Å². The molecule has 2 aromatic carbocycles. The number of H-pyrrole nitrogens is 1. The van der Waals surface area contributed by atoms with Gasteiger partial charge in [-0.15, -0.1) is 0 Å². The van der Waals surface area contributed by atoms with Crippen molar-refractivity contribution in [3.05, 3.63) is 70.6 Å². The number of ether oxygens (including phenoxy) is 1. The minimum Gasteiger partial charge on any atom is -0.494 e. The molecule has 0 amide bonds. The van der Waals surface area contributed by atoms with Crippen LogP contribution < -0.4 is 10.3 Å². The molecule has 27 heavy (non-hydrogen) atoms. The van der Waals surface area contributed by atoms with E-state index in [0.29, 0.717) is 10.9 Å². The highest BCUT2D eigenvalue weighted by atomic mass is 19.4. The second-order valence-electron chi connectivity index (χ2n) is 6.03. The van der Waals surface area contributed by atoms with Gasteiger partial charge in [0.1, 0.15) is 17.0 Å². The highest BCUT2D eigenvalue weighted by molar-refractivity contribution is 5.99. The highest BCUT2D eigenvalue weighted by Crippen LogP contribution is 2.37. The summed E-state index contributed by atoms with van der Waals surface area (Å²) in [6.07, 6.45) is -4.54. The van der Waals surface area contributed by atoms with E-state index in [9.17, 15) is 18.0 Å². The van der Waals surface area contributed by atoms with Gasteiger partial charge in [-0.2, -0.15) is 13.2 Å². The van der Waals surface area contributed by atoms with Gasteiger partial charge >= 0.3 is 6.18 Å². The second-order valence-corrected chi connectivity index (χ2v) is 6.03. The number of fused-ring (bicyclic) bond motifs is 2. The summed E-state index contributed by atoms with van der Waals surface area (Å²) in [5.74, 6) is 0.268. The summed E-state index contributed by atoms with van der Waals surface area (Å²) < 4.78 is 44.3. The molecule has 2 heterocycles. The lowest BCUT2D eigenvalue weighted by Crippen LogP contribution is -2.08. The van der Waals surface area contributed by atoms with Gasteiger partial charge in [0.05, 0.1) is 7.11 Å². The lowest BCUT2D eigenvalue weighted by molar-refractivity contribution is -0.140. The first-order chi connectivity index (χ1) is 12.9. The number of aromatic amines is 1. The van der Waals surface area contributed by atoms with E-state index in [2.05, 4.69) is 9.97 Å². The summed E-state index contributed by atoms with van der Waals surface area (Å²) in [6, 6.07) is 14.3. The number of nitrogens with zero attached hydrogens (tertiary/aromatic N) is 1. The molecule has 2 aromatic heterocycles. The van der Waals surface area contributed by atoms with Crippen LogP contribution in [-0.4, -0.2) is 17.1 Å². The number of hydrogen-bond acceptors (Lipinski definition) is 3. The Kier molecular flexibility index (Phi) is 3.87. The average molecular weight is 370 g/mol. The fourth-order valence-electron chi connectivity index (χ4n) is 3.09. The molecule has 0 atom stereocenters. The molecule has 4 aromatic rings. The molecule has 0 fully saturated rings. The minimum absolute atomic E-state index is 0.145. The summed E-state index contributed by atoms with van der Waals surface area (Å²) in [5, 5.41) is 1.36. The molecule has 0 unspecified atom stereocenters. The number of halogens is 3. The largest absolute Gasteiger partial charge is 0.494 e. The Labute approximate surface area is 151 Å². The lowest BCUT2D eigenvalue weighted by atomic mass is 9.98. The first kappa shape index (κ1) is 17.1. The summed E-state index contributed by atoms with van der Waals surface area (Å²) in [6.45, 7) is 0. The summed E-state index contributed by atoms with van der Waals surface area (Å²) in [5.41, 5.74) is 1.17. The van der Waals surface area contributed by atoms with Crippen LogP contribution in [0.1, 0.15) is 5.69 Å². The van der Waals surface area contributed by atoms with Crippen molar-refractivity contribution in [3.8, 4) is 16.9 Å². The smallest absolute Gasteiger partial charge is 0.433 e. The standard InChI is InChI=1S/C20H13F3N2O2/c1-27-16-7-4-13(14-5-8-17(20(21,22)23)25-19(14)16)11-2-6-15-12(10-11)3-9-18(26)24-15/h2-10H,1H3,(H,24,26). The zero-order chi connectivity index (χ0) is 19.2. The van der Waals surface area contributed by atoms with E-state index in [4.69, 9.17) is 4.74 Å². The molecule has 4 nitrogen and oxygen atoms in total. The van der Waals surface area contributed by atoms with Crippen LogP contribution in [0, 0.1) is 0 Å². The third-order valence-corrected chi connectivity index (χ3v) is 4.37. The fraction of sp³-hybridized carbons (Fsp3) is 0.100. The number of benzene rings is 2. The molecule has 0 radical (unpaired) electrons. The molecule has 0 saturated heterocycles. The molecule has 0 spiro atoms. The molecule has 0 bridgehead atoms. The molecule has 136 valence electrons. The molecule has 4 rings (SSSR count). The van der Waals surface area contributed by atoms with Crippen molar-refractivity contribution in [3.63, 3.8) is 0 Å². The first-order valence-electron chi connectivity index (χ1n) is 8.05. The van der Waals surface area contributed by atoms with Crippen molar-refractivity contribution in [2.24, 2.45) is 0 Å². The second kappa shape index (κ2) is 6.12. The third-order valence-electron chi connectivity index (χ3n) is 4.37. The van der Waals surface area contributed by atoms with Gasteiger partial charge in [0.25, 0.3) is 0 Å². The Balaban J connectivity index is 1.97. The van der Waals surface area contributed by atoms with Crippen LogP contribution in [-0.2, 0) is 6.18 Å². The van der Waals surface area contributed by atoms with Gasteiger partial charge < -0.3 is 9.72 Å². The zero-order valence-electron chi connectivity index (χ0n) is 14.1. The normalized spacial score (nSPS) is 11.9. The number of alkyl halides is 3. The van der Waals surface area contributed by atoms with Gasteiger partial charge in [0.15, 0.2) is 0 Å². The molecule has 7 heteroatoms. The van der Waals surface area contributed by atoms with Crippen LogP contribution in [0.15, 0.2) is 59.4 Å². The molecule has 0 aliphatic rings. The van der Waals surface area contributed by atoms with Crippen molar-refractivity contribution in [2.45, 2.75) is 6.18 Å². The highest BCUT2D eigenvalue weighted by Gasteiger charge is 2.33. The maximum atomic E-state index is 13.0. The number of methoxy groups -OCH3 is 1. The minimum atomic E-state index is -4.54. The van der Waals surface area contributed by atoms with Crippen molar-refractivity contribution in [1.82, 2.24) is 9.97 Å². The van der Waals surface area contributed by atoms with Gasteiger partial charge in [-0.3, -0.25) is 4.79 Å². The molecular formula is C20H13F3N2O2. The monoisotopic (exact) mass is 370 g/mol. The van der Waals surface area contributed by atoms with Gasteiger partial charge in [-0.25, -0.2) is 4.98 Å². The SMILES string of the molecule is COc1ccc(-c2ccc3[nH]c(=O)ccc3c2)c2ccc(C(F)(F)F)nc12. The zero-order valence-corrected chi connectivity index (χ0v) is 14.1. The third kappa shape index (κ3) is 3.01. The van der Waals surface area contributed by atoms with Crippen molar-refractivity contribution in [2.75, 3.05) is 7.11 Å². The fourth-order valence-corrected chi connectivity index (χ4v) is 3.09. The molecule has 0 saturated carbocycles. The topological polar surface area (TPSA) is 55.0 Å². The summed E-state index contributed by atoms with van der Waals surface area (Å²) in [7, 11) is 1.39. The van der Waals surface area contributed by atoms with E-state index in [1.165, 1.54) is 19.2 Å². The summed E-state index contributed by atoms with van der Waals surface area (Å²) >= 11 is 0.